The lowest BCUT2D eigenvalue weighted by Crippen LogP contribution is -1.83. The molecule has 0 fully saturated rings. The standard InChI is InChI=1S/C10H20/c1-5-7-9(3)10(4)8-6-2/h5-8H2,1-4H3. The fourth-order valence-electron chi connectivity index (χ4n) is 1.18. The van der Waals surface area contributed by atoms with Crippen LogP contribution < -0.4 is 0 Å². The first kappa shape index (κ1) is 9.74. The molecule has 0 atom stereocenters. The van der Waals surface area contributed by atoms with Gasteiger partial charge in [0.05, 0.1) is 0 Å². The molecule has 0 aliphatic heterocycles. The van der Waals surface area contributed by atoms with Gasteiger partial charge in [0.25, 0.3) is 0 Å². The summed E-state index contributed by atoms with van der Waals surface area (Å²) in [6.45, 7) is 8.99. The monoisotopic (exact) mass is 140 g/mol. The molecule has 0 aromatic rings. The van der Waals surface area contributed by atoms with Gasteiger partial charge in [-0.05, 0) is 26.7 Å². The Morgan fingerprint density at radius 1 is 0.800 bits per heavy atom. The van der Waals surface area contributed by atoms with Crippen molar-refractivity contribution in [1.29, 1.82) is 0 Å². The second-order valence-corrected chi connectivity index (χ2v) is 3.06. The van der Waals surface area contributed by atoms with E-state index in [1.807, 2.05) is 0 Å². The smallest absolute Gasteiger partial charge is 0.0323 e. The highest BCUT2D eigenvalue weighted by Crippen LogP contribution is 2.13. The molecule has 0 radical (unpaired) electrons. The van der Waals surface area contributed by atoms with Crippen LogP contribution >= 0.6 is 0 Å². The Morgan fingerprint density at radius 2 is 1.10 bits per heavy atom. The second-order valence-electron chi connectivity index (χ2n) is 3.06. The van der Waals surface area contributed by atoms with E-state index in [4.69, 9.17) is 0 Å². The molecule has 0 nitrogen and oxygen atoms in total. The zero-order chi connectivity index (χ0) is 7.98. The molecule has 10 heavy (non-hydrogen) atoms. The highest BCUT2D eigenvalue weighted by molar-refractivity contribution is 5.08. The van der Waals surface area contributed by atoms with Crippen LogP contribution in [0.25, 0.3) is 0 Å². The summed E-state index contributed by atoms with van der Waals surface area (Å²) in [6, 6.07) is 0. The SMILES string of the molecule is CCCC(C)=C(C)CCC. The summed E-state index contributed by atoms with van der Waals surface area (Å²) >= 11 is 0. The van der Waals surface area contributed by atoms with Crippen LogP contribution in [0, 0.1) is 0 Å². The van der Waals surface area contributed by atoms with E-state index in [9.17, 15) is 0 Å². The molecule has 0 rings (SSSR count). The third-order valence-electron chi connectivity index (χ3n) is 1.98. The summed E-state index contributed by atoms with van der Waals surface area (Å²) in [7, 11) is 0. The Hall–Kier alpha value is -0.260. The topological polar surface area (TPSA) is 0 Å². The highest BCUT2D eigenvalue weighted by Gasteiger charge is 1.93. The summed E-state index contributed by atoms with van der Waals surface area (Å²) in [4.78, 5) is 0. The fraction of sp³-hybridized carbons (Fsp3) is 0.800. The lowest BCUT2D eigenvalue weighted by Gasteiger charge is -2.04. The van der Waals surface area contributed by atoms with Gasteiger partial charge in [-0.15, -0.1) is 0 Å². The molecular weight excluding hydrogens is 120 g/mol. The van der Waals surface area contributed by atoms with Crippen molar-refractivity contribution >= 4 is 0 Å². The van der Waals surface area contributed by atoms with Crippen molar-refractivity contribution in [1.82, 2.24) is 0 Å². The molecule has 0 aromatic heterocycles. The van der Waals surface area contributed by atoms with Crippen LogP contribution in [0.15, 0.2) is 11.1 Å². The Kier molecular flexibility index (Phi) is 5.38. The summed E-state index contributed by atoms with van der Waals surface area (Å²) < 4.78 is 0. The van der Waals surface area contributed by atoms with Crippen LogP contribution in [-0.2, 0) is 0 Å². The van der Waals surface area contributed by atoms with Crippen LogP contribution in [0.1, 0.15) is 53.4 Å². The average molecular weight is 140 g/mol. The van der Waals surface area contributed by atoms with E-state index in [0.717, 1.165) is 0 Å². The summed E-state index contributed by atoms with van der Waals surface area (Å²) in [6.07, 6.45) is 5.14. The molecule has 0 saturated carbocycles. The maximum Gasteiger partial charge on any atom is -0.0323 e. The maximum atomic E-state index is 2.26. The largest absolute Gasteiger partial charge is 0.0744 e. The first-order valence-corrected chi connectivity index (χ1v) is 4.37. The van der Waals surface area contributed by atoms with Crippen molar-refractivity contribution in [3.63, 3.8) is 0 Å². The first-order chi connectivity index (χ1) is 4.72. The lowest BCUT2D eigenvalue weighted by molar-refractivity contribution is 0.837. The molecular formula is C10H20. The molecule has 0 N–H and O–H groups in total. The quantitative estimate of drug-likeness (QED) is 0.519. The zero-order valence-electron chi connectivity index (χ0n) is 7.83. The molecule has 0 unspecified atom stereocenters. The third kappa shape index (κ3) is 3.71. The van der Waals surface area contributed by atoms with E-state index < -0.39 is 0 Å². The predicted molar refractivity (Wildman–Crippen MR) is 48.2 cm³/mol. The van der Waals surface area contributed by atoms with Crippen LogP contribution in [0.4, 0.5) is 0 Å². The van der Waals surface area contributed by atoms with Crippen LogP contribution in [0.3, 0.4) is 0 Å². The Bertz CT molecular complexity index is 95.2. The number of hydrogen-bond donors (Lipinski definition) is 0. The average Bonchev–Trinajstić information content (AvgIpc) is 1.89. The predicted octanol–water partition coefficient (Wildman–Crippen LogP) is 3.92. The number of hydrogen-bond acceptors (Lipinski definition) is 0. The summed E-state index contributed by atoms with van der Waals surface area (Å²) in [5.41, 5.74) is 3.20. The van der Waals surface area contributed by atoms with E-state index in [0.29, 0.717) is 0 Å². The summed E-state index contributed by atoms with van der Waals surface area (Å²) in [5, 5.41) is 0. The highest BCUT2D eigenvalue weighted by atomic mass is 14.0. The van der Waals surface area contributed by atoms with E-state index >= 15 is 0 Å². The molecule has 0 amide bonds. The van der Waals surface area contributed by atoms with Crippen molar-refractivity contribution in [2.75, 3.05) is 0 Å². The lowest BCUT2D eigenvalue weighted by atomic mass is 10.0. The van der Waals surface area contributed by atoms with Gasteiger partial charge in [0.2, 0.25) is 0 Å². The normalized spacial score (nSPS) is 13.2. The molecule has 0 aliphatic rings. The molecule has 0 aliphatic carbocycles. The van der Waals surface area contributed by atoms with Gasteiger partial charge in [-0.2, -0.15) is 0 Å². The van der Waals surface area contributed by atoms with Gasteiger partial charge >= 0.3 is 0 Å². The van der Waals surface area contributed by atoms with Crippen LogP contribution in [-0.4, -0.2) is 0 Å². The van der Waals surface area contributed by atoms with Gasteiger partial charge in [0.15, 0.2) is 0 Å². The minimum absolute atomic E-state index is 1.28. The molecule has 0 aromatic carbocycles. The van der Waals surface area contributed by atoms with Crippen molar-refractivity contribution in [2.45, 2.75) is 53.4 Å². The second kappa shape index (κ2) is 5.52. The Morgan fingerprint density at radius 3 is 1.30 bits per heavy atom. The minimum Gasteiger partial charge on any atom is -0.0744 e. The third-order valence-corrected chi connectivity index (χ3v) is 1.98. The molecule has 0 spiro atoms. The van der Waals surface area contributed by atoms with Gasteiger partial charge in [0.1, 0.15) is 0 Å². The Labute approximate surface area is 65.3 Å². The molecule has 0 heterocycles. The van der Waals surface area contributed by atoms with Crippen molar-refractivity contribution < 1.29 is 0 Å². The van der Waals surface area contributed by atoms with Gasteiger partial charge in [-0.1, -0.05) is 37.8 Å². The van der Waals surface area contributed by atoms with Gasteiger partial charge in [-0.25, -0.2) is 0 Å². The van der Waals surface area contributed by atoms with Crippen LogP contribution in [0.5, 0.6) is 0 Å². The molecule has 0 bridgehead atoms. The van der Waals surface area contributed by atoms with Gasteiger partial charge in [-0.3, -0.25) is 0 Å². The molecule has 0 saturated heterocycles. The van der Waals surface area contributed by atoms with E-state index in [1.54, 1.807) is 11.1 Å². The van der Waals surface area contributed by atoms with Gasteiger partial charge < -0.3 is 0 Å². The van der Waals surface area contributed by atoms with E-state index in [2.05, 4.69) is 27.7 Å². The Balaban J connectivity index is 3.79. The van der Waals surface area contributed by atoms with Crippen molar-refractivity contribution in [3.8, 4) is 0 Å². The van der Waals surface area contributed by atoms with E-state index in [-0.39, 0.29) is 0 Å². The van der Waals surface area contributed by atoms with Crippen molar-refractivity contribution in [3.05, 3.63) is 11.1 Å². The minimum atomic E-state index is 1.28. The van der Waals surface area contributed by atoms with Crippen molar-refractivity contribution in [2.24, 2.45) is 0 Å². The first-order valence-electron chi connectivity index (χ1n) is 4.37. The van der Waals surface area contributed by atoms with E-state index in [1.165, 1.54) is 25.7 Å². The number of rotatable bonds is 4. The number of allylic oxidation sites excluding steroid dienone is 2. The molecule has 60 valence electrons. The fourth-order valence-corrected chi connectivity index (χ4v) is 1.18. The zero-order valence-corrected chi connectivity index (χ0v) is 7.83. The van der Waals surface area contributed by atoms with Gasteiger partial charge in [0, 0.05) is 0 Å². The maximum absolute atomic E-state index is 2.26. The van der Waals surface area contributed by atoms with Crippen LogP contribution in [0.2, 0.25) is 0 Å². The molecule has 0 heteroatoms. The summed E-state index contributed by atoms with van der Waals surface area (Å²) in [5.74, 6) is 0.